The first-order valence-corrected chi connectivity index (χ1v) is 8.84. The standard InChI is InChI=1S/2C5H9NO4S/c2*1-2-3-5(7,4-6)11(8,9)10/h2*7H,2-3H2,1H3,(H,8,9,10). The van der Waals surface area contributed by atoms with Gasteiger partial charge in [-0.3, -0.25) is 9.11 Å². The summed E-state index contributed by atoms with van der Waals surface area (Å²) in [7, 11) is -9.36. The number of rotatable bonds is 6. The number of nitrogens with zero attached hydrogens (tertiary/aromatic N) is 2. The van der Waals surface area contributed by atoms with Crippen LogP contribution in [0.15, 0.2) is 0 Å². The van der Waals surface area contributed by atoms with Crippen LogP contribution in [0.2, 0.25) is 0 Å². The maximum atomic E-state index is 10.4. The van der Waals surface area contributed by atoms with Crippen LogP contribution in [0.5, 0.6) is 0 Å². The van der Waals surface area contributed by atoms with Crippen molar-refractivity contribution >= 4 is 20.2 Å². The molecule has 0 aromatic carbocycles. The Bertz CT molecular complexity index is 587. The van der Waals surface area contributed by atoms with Gasteiger partial charge >= 0.3 is 20.2 Å². The molecule has 0 fully saturated rings. The summed E-state index contributed by atoms with van der Waals surface area (Å²) in [5.41, 5.74) is 0. The van der Waals surface area contributed by atoms with Crippen LogP contribution in [0.25, 0.3) is 0 Å². The molecule has 2 unspecified atom stereocenters. The molecular weight excluding hydrogens is 340 g/mol. The average molecular weight is 358 g/mol. The van der Waals surface area contributed by atoms with E-state index in [2.05, 4.69) is 0 Å². The van der Waals surface area contributed by atoms with Crippen LogP contribution in [0.4, 0.5) is 0 Å². The molecule has 0 aliphatic carbocycles. The van der Waals surface area contributed by atoms with Gasteiger partial charge in [0.05, 0.1) is 0 Å². The van der Waals surface area contributed by atoms with Crippen molar-refractivity contribution in [3.05, 3.63) is 0 Å². The topological polar surface area (TPSA) is 197 Å². The molecule has 22 heavy (non-hydrogen) atoms. The lowest BCUT2D eigenvalue weighted by atomic mass is 10.2. The molecule has 0 saturated heterocycles. The van der Waals surface area contributed by atoms with Crippen molar-refractivity contribution in [1.29, 1.82) is 10.5 Å². The highest BCUT2D eigenvalue weighted by Gasteiger charge is 2.40. The van der Waals surface area contributed by atoms with Crippen molar-refractivity contribution in [2.24, 2.45) is 0 Å². The van der Waals surface area contributed by atoms with Crippen LogP contribution in [-0.2, 0) is 20.2 Å². The van der Waals surface area contributed by atoms with E-state index in [1.165, 1.54) is 0 Å². The molecule has 0 bridgehead atoms. The van der Waals surface area contributed by atoms with E-state index in [1.807, 2.05) is 0 Å². The Hall–Kier alpha value is -1.28. The number of nitriles is 2. The van der Waals surface area contributed by atoms with Crippen LogP contribution in [-0.4, -0.2) is 46.0 Å². The minimum atomic E-state index is -4.68. The molecule has 2 atom stereocenters. The average Bonchev–Trinajstić information content (AvgIpc) is 2.37. The summed E-state index contributed by atoms with van der Waals surface area (Å²) in [6, 6.07) is 2.27. The molecule has 0 heterocycles. The Labute approximate surface area is 129 Å². The Morgan fingerprint density at radius 3 is 1.09 bits per heavy atom. The first-order chi connectivity index (χ1) is 9.74. The van der Waals surface area contributed by atoms with E-state index in [1.54, 1.807) is 13.8 Å². The molecule has 0 saturated carbocycles. The largest absolute Gasteiger partial charge is 0.362 e. The Morgan fingerprint density at radius 1 is 0.818 bits per heavy atom. The van der Waals surface area contributed by atoms with Gasteiger partial charge in [-0.05, 0) is 0 Å². The highest BCUT2D eigenvalue weighted by molar-refractivity contribution is 7.87. The van der Waals surface area contributed by atoms with Crippen LogP contribution >= 0.6 is 0 Å². The molecule has 0 aliphatic rings. The second-order valence-corrected chi connectivity index (χ2v) is 7.49. The predicted molar refractivity (Wildman–Crippen MR) is 74.0 cm³/mol. The summed E-state index contributed by atoms with van der Waals surface area (Å²) < 4.78 is 58.2. The van der Waals surface area contributed by atoms with Crippen LogP contribution in [0.1, 0.15) is 39.5 Å². The van der Waals surface area contributed by atoms with Crippen molar-refractivity contribution in [1.82, 2.24) is 0 Å². The van der Waals surface area contributed by atoms with Crippen molar-refractivity contribution in [3.63, 3.8) is 0 Å². The van der Waals surface area contributed by atoms with Crippen LogP contribution in [0, 0.1) is 22.7 Å². The summed E-state index contributed by atoms with van der Waals surface area (Å²) in [5, 5.41) is 34.3. The van der Waals surface area contributed by atoms with E-state index in [0.717, 1.165) is 12.1 Å². The molecule has 128 valence electrons. The lowest BCUT2D eigenvalue weighted by Crippen LogP contribution is -2.36. The summed E-state index contributed by atoms with van der Waals surface area (Å²) in [5.74, 6) is 0. The second-order valence-electron chi connectivity index (χ2n) is 4.24. The first kappa shape index (κ1) is 23.0. The van der Waals surface area contributed by atoms with Gasteiger partial charge in [0, 0.05) is 12.8 Å². The van der Waals surface area contributed by atoms with Crippen molar-refractivity contribution < 1.29 is 36.2 Å². The van der Waals surface area contributed by atoms with Gasteiger partial charge in [0.1, 0.15) is 12.1 Å². The molecule has 10 nitrogen and oxygen atoms in total. The predicted octanol–water partition coefficient (Wildman–Crippen LogP) is -0.227. The number of hydrogen-bond acceptors (Lipinski definition) is 8. The lowest BCUT2D eigenvalue weighted by Gasteiger charge is -2.14. The molecule has 0 rings (SSSR count). The molecule has 0 amide bonds. The summed E-state index contributed by atoms with van der Waals surface area (Å²) in [6.07, 6.45) is 0.0123. The molecule has 0 aliphatic heterocycles. The quantitative estimate of drug-likeness (QED) is 0.363. The number of aliphatic hydroxyl groups is 2. The zero-order valence-corrected chi connectivity index (χ0v) is 13.6. The van der Waals surface area contributed by atoms with Crippen molar-refractivity contribution in [2.45, 2.75) is 49.4 Å². The maximum absolute atomic E-state index is 10.4. The van der Waals surface area contributed by atoms with E-state index in [9.17, 15) is 16.8 Å². The third kappa shape index (κ3) is 6.23. The van der Waals surface area contributed by atoms with Gasteiger partial charge in [-0.15, -0.1) is 0 Å². The molecule has 12 heteroatoms. The van der Waals surface area contributed by atoms with E-state index in [0.29, 0.717) is 12.8 Å². The van der Waals surface area contributed by atoms with Gasteiger partial charge in [-0.2, -0.15) is 27.4 Å². The van der Waals surface area contributed by atoms with Gasteiger partial charge in [-0.25, -0.2) is 0 Å². The smallest absolute Gasteiger partial charge is 0.309 e. The maximum Gasteiger partial charge on any atom is 0.309 e. The van der Waals surface area contributed by atoms with E-state index < -0.39 is 30.1 Å². The van der Waals surface area contributed by atoms with Gasteiger partial charge in [0.25, 0.3) is 9.87 Å². The SMILES string of the molecule is CCCC(O)(C#N)S(=O)(=O)O.CCCC(O)(C#N)S(=O)(=O)O. The normalized spacial score (nSPS) is 16.9. The Morgan fingerprint density at radius 2 is 1.05 bits per heavy atom. The minimum Gasteiger partial charge on any atom is -0.362 e. The molecule has 0 aromatic heterocycles. The van der Waals surface area contributed by atoms with E-state index in [4.69, 9.17) is 29.8 Å². The molecule has 4 N–H and O–H groups in total. The highest BCUT2D eigenvalue weighted by Crippen LogP contribution is 2.18. The molecule has 0 spiro atoms. The molecule has 0 aromatic rings. The van der Waals surface area contributed by atoms with Gasteiger partial charge in [0.15, 0.2) is 0 Å². The number of hydrogen-bond donors (Lipinski definition) is 4. The lowest BCUT2D eigenvalue weighted by molar-refractivity contribution is 0.157. The van der Waals surface area contributed by atoms with Crippen molar-refractivity contribution in [2.75, 3.05) is 0 Å². The van der Waals surface area contributed by atoms with Crippen LogP contribution in [0.3, 0.4) is 0 Å². The first-order valence-electron chi connectivity index (χ1n) is 5.96. The van der Waals surface area contributed by atoms with Crippen LogP contribution < -0.4 is 0 Å². The molecular formula is C10H18N2O8S2. The summed E-state index contributed by atoms with van der Waals surface area (Å²) in [6.45, 7) is 3.18. The van der Waals surface area contributed by atoms with Crippen molar-refractivity contribution in [3.8, 4) is 12.1 Å². The van der Waals surface area contributed by atoms with Gasteiger partial charge < -0.3 is 10.2 Å². The third-order valence-electron chi connectivity index (χ3n) is 2.38. The van der Waals surface area contributed by atoms with E-state index >= 15 is 0 Å². The highest BCUT2D eigenvalue weighted by atomic mass is 32.2. The fourth-order valence-corrected chi connectivity index (χ4v) is 2.32. The fourth-order valence-electron chi connectivity index (χ4n) is 1.16. The fraction of sp³-hybridized carbons (Fsp3) is 0.800. The second kappa shape index (κ2) is 8.38. The Balaban J connectivity index is 0. The summed E-state index contributed by atoms with van der Waals surface area (Å²) >= 11 is 0. The minimum absolute atomic E-state index is 0.289. The third-order valence-corrected chi connectivity index (χ3v) is 4.68. The monoisotopic (exact) mass is 358 g/mol. The zero-order valence-electron chi connectivity index (χ0n) is 12.0. The molecule has 0 radical (unpaired) electrons. The summed E-state index contributed by atoms with van der Waals surface area (Å²) in [4.78, 5) is -5.27. The van der Waals surface area contributed by atoms with Gasteiger partial charge in [-0.1, -0.05) is 26.7 Å². The zero-order chi connectivity index (χ0) is 18.2. The Kier molecular flexibility index (Phi) is 8.76. The van der Waals surface area contributed by atoms with Gasteiger partial charge in [0.2, 0.25) is 0 Å². The van der Waals surface area contributed by atoms with E-state index in [-0.39, 0.29) is 12.8 Å².